The summed E-state index contributed by atoms with van der Waals surface area (Å²) >= 11 is 0. The van der Waals surface area contributed by atoms with Crippen LogP contribution in [0.3, 0.4) is 0 Å². The number of likely N-dealkylation sites (N-methyl/N-ethyl adjacent to an activating group) is 1. The number of nitrogens with zero attached hydrogens (tertiary/aromatic N) is 1. The van der Waals surface area contributed by atoms with E-state index >= 15 is 0 Å². The maximum atomic E-state index is 11.5. The van der Waals surface area contributed by atoms with Crippen LogP contribution in [0.4, 0.5) is 0 Å². The molecule has 0 unspecified atom stereocenters. The predicted octanol–water partition coefficient (Wildman–Crippen LogP) is 1.61. The van der Waals surface area contributed by atoms with E-state index in [1.165, 1.54) is 12.0 Å². The highest BCUT2D eigenvalue weighted by Crippen LogP contribution is 2.21. The van der Waals surface area contributed by atoms with Crippen LogP contribution in [0.25, 0.3) is 11.0 Å². The van der Waals surface area contributed by atoms with Crippen LogP contribution in [-0.4, -0.2) is 37.5 Å². The van der Waals surface area contributed by atoms with Crippen LogP contribution in [0, 0.1) is 0 Å². The lowest BCUT2D eigenvalue weighted by Crippen LogP contribution is -2.35. The molecule has 0 saturated carbocycles. The monoisotopic (exact) mass is 261 g/mol. The third-order valence-electron chi connectivity index (χ3n) is 2.98. The number of esters is 1. The van der Waals surface area contributed by atoms with Crippen molar-refractivity contribution >= 4 is 22.8 Å². The Morgan fingerprint density at radius 3 is 2.79 bits per heavy atom. The second-order valence-corrected chi connectivity index (χ2v) is 4.23. The number of furan rings is 1. The third kappa shape index (κ3) is 2.76. The molecule has 2 rings (SSSR count). The summed E-state index contributed by atoms with van der Waals surface area (Å²) in [5.41, 5.74) is 1.83. The molecular weight excluding hydrogens is 246 g/mol. The van der Waals surface area contributed by atoms with Crippen molar-refractivity contribution in [2.45, 2.75) is 6.42 Å². The molecule has 2 aromatic rings. The molecule has 0 aliphatic rings. The van der Waals surface area contributed by atoms with Crippen molar-refractivity contribution in [3.8, 4) is 0 Å². The number of amides is 1. The number of carbonyl (C=O) groups excluding carboxylic acids is 2. The van der Waals surface area contributed by atoms with Gasteiger partial charge in [0.2, 0.25) is 0 Å². The van der Waals surface area contributed by atoms with Crippen molar-refractivity contribution in [3.63, 3.8) is 0 Å². The summed E-state index contributed by atoms with van der Waals surface area (Å²) in [4.78, 5) is 24.0. The fourth-order valence-electron chi connectivity index (χ4n) is 1.86. The van der Waals surface area contributed by atoms with E-state index in [2.05, 4.69) is 4.74 Å². The molecule has 0 radical (unpaired) electrons. The van der Waals surface area contributed by atoms with Gasteiger partial charge in [-0.25, -0.2) is 4.79 Å². The van der Waals surface area contributed by atoms with Gasteiger partial charge in [-0.1, -0.05) is 18.2 Å². The minimum absolute atomic E-state index is 0.428. The maximum Gasteiger partial charge on any atom is 0.396 e. The molecular formula is C14H15NO4. The minimum Gasteiger partial charge on any atom is -0.464 e. The van der Waals surface area contributed by atoms with Crippen LogP contribution < -0.4 is 0 Å². The maximum absolute atomic E-state index is 11.5. The number of methoxy groups -OCH3 is 1. The van der Waals surface area contributed by atoms with Gasteiger partial charge >= 0.3 is 11.9 Å². The van der Waals surface area contributed by atoms with Gasteiger partial charge in [-0.05, 0) is 18.1 Å². The Hall–Kier alpha value is -2.30. The summed E-state index contributed by atoms with van der Waals surface area (Å²) in [5, 5.41) is 1.03. The van der Waals surface area contributed by atoms with Crippen molar-refractivity contribution < 1.29 is 18.7 Å². The van der Waals surface area contributed by atoms with E-state index in [9.17, 15) is 9.59 Å². The second kappa shape index (κ2) is 5.56. The highest BCUT2D eigenvalue weighted by molar-refractivity contribution is 6.32. The summed E-state index contributed by atoms with van der Waals surface area (Å²) < 4.78 is 9.81. The van der Waals surface area contributed by atoms with E-state index in [0.29, 0.717) is 13.0 Å². The number of fused-ring (bicyclic) bond motifs is 1. The number of benzene rings is 1. The van der Waals surface area contributed by atoms with Gasteiger partial charge in [-0.15, -0.1) is 0 Å². The summed E-state index contributed by atoms with van der Waals surface area (Å²) in [6.07, 6.45) is 2.30. The standard InChI is InChI=1S/C14H15NO4/c1-15(13(16)14(17)18-2)8-7-10-9-19-12-6-4-3-5-11(10)12/h3-6,9H,7-8H2,1-2H3. The normalized spacial score (nSPS) is 10.4. The first kappa shape index (κ1) is 13.1. The first-order valence-electron chi connectivity index (χ1n) is 5.92. The zero-order valence-corrected chi connectivity index (χ0v) is 10.9. The van der Waals surface area contributed by atoms with Crippen LogP contribution in [0.15, 0.2) is 34.9 Å². The average Bonchev–Trinajstić information content (AvgIpc) is 2.86. The number of rotatable bonds is 3. The fraction of sp³-hybridized carbons (Fsp3) is 0.286. The molecule has 0 spiro atoms. The topological polar surface area (TPSA) is 59.8 Å². The number of hydrogen-bond donors (Lipinski definition) is 0. The predicted molar refractivity (Wildman–Crippen MR) is 69.6 cm³/mol. The molecule has 0 fully saturated rings. The van der Waals surface area contributed by atoms with E-state index < -0.39 is 11.9 Å². The Kier molecular flexibility index (Phi) is 3.85. The molecule has 1 aromatic heterocycles. The third-order valence-corrected chi connectivity index (χ3v) is 2.98. The first-order valence-corrected chi connectivity index (χ1v) is 5.92. The fourth-order valence-corrected chi connectivity index (χ4v) is 1.86. The lowest BCUT2D eigenvalue weighted by molar-refractivity contribution is -0.157. The van der Waals surface area contributed by atoms with Crippen molar-refractivity contribution in [2.24, 2.45) is 0 Å². The van der Waals surface area contributed by atoms with E-state index in [1.54, 1.807) is 13.3 Å². The molecule has 0 saturated heterocycles. The van der Waals surface area contributed by atoms with Gasteiger partial charge in [0.25, 0.3) is 0 Å². The Morgan fingerprint density at radius 2 is 2.05 bits per heavy atom. The van der Waals surface area contributed by atoms with Gasteiger partial charge in [-0.2, -0.15) is 0 Å². The molecule has 1 amide bonds. The molecule has 19 heavy (non-hydrogen) atoms. The van der Waals surface area contributed by atoms with Gasteiger partial charge in [0, 0.05) is 19.0 Å². The summed E-state index contributed by atoms with van der Waals surface area (Å²) in [5.74, 6) is -1.49. The highest BCUT2D eigenvalue weighted by Gasteiger charge is 2.19. The SMILES string of the molecule is COC(=O)C(=O)N(C)CCc1coc2ccccc12. The number of para-hydroxylation sites is 1. The second-order valence-electron chi connectivity index (χ2n) is 4.23. The van der Waals surface area contributed by atoms with Gasteiger partial charge in [0.1, 0.15) is 5.58 Å². The zero-order chi connectivity index (χ0) is 13.8. The Labute approximate surface area is 110 Å². The summed E-state index contributed by atoms with van der Waals surface area (Å²) in [7, 11) is 2.76. The Balaban J connectivity index is 2.03. The molecule has 5 heteroatoms. The molecule has 0 aliphatic heterocycles. The number of hydrogen-bond acceptors (Lipinski definition) is 4. The lowest BCUT2D eigenvalue weighted by Gasteiger charge is -2.14. The molecule has 5 nitrogen and oxygen atoms in total. The minimum atomic E-state index is -0.848. The van der Waals surface area contributed by atoms with E-state index in [-0.39, 0.29) is 0 Å². The van der Waals surface area contributed by atoms with Gasteiger partial charge in [-0.3, -0.25) is 4.79 Å². The van der Waals surface area contributed by atoms with E-state index in [1.807, 2.05) is 24.3 Å². The molecule has 1 heterocycles. The van der Waals surface area contributed by atoms with Crippen LogP contribution in [0.5, 0.6) is 0 Å². The summed E-state index contributed by atoms with van der Waals surface area (Å²) in [6.45, 7) is 0.428. The van der Waals surface area contributed by atoms with E-state index in [4.69, 9.17) is 4.42 Å². The molecule has 0 bridgehead atoms. The van der Waals surface area contributed by atoms with Gasteiger partial charge in [0.05, 0.1) is 13.4 Å². The number of carbonyl (C=O) groups is 2. The lowest BCUT2D eigenvalue weighted by atomic mass is 10.1. The largest absolute Gasteiger partial charge is 0.464 e. The van der Waals surface area contributed by atoms with Crippen LogP contribution in [-0.2, 0) is 20.7 Å². The quantitative estimate of drug-likeness (QED) is 0.622. The molecule has 100 valence electrons. The van der Waals surface area contributed by atoms with Crippen LogP contribution in [0.1, 0.15) is 5.56 Å². The van der Waals surface area contributed by atoms with Crippen molar-refractivity contribution in [1.29, 1.82) is 0 Å². The van der Waals surface area contributed by atoms with E-state index in [0.717, 1.165) is 16.5 Å². The molecule has 1 aromatic carbocycles. The first-order chi connectivity index (χ1) is 9.13. The number of ether oxygens (including phenoxy) is 1. The van der Waals surface area contributed by atoms with Gasteiger partial charge < -0.3 is 14.1 Å². The van der Waals surface area contributed by atoms with Crippen molar-refractivity contribution in [1.82, 2.24) is 4.90 Å². The van der Waals surface area contributed by atoms with Crippen molar-refractivity contribution in [3.05, 3.63) is 36.1 Å². The molecule has 0 aliphatic carbocycles. The molecule has 0 atom stereocenters. The van der Waals surface area contributed by atoms with Crippen LogP contribution >= 0.6 is 0 Å². The smallest absolute Gasteiger partial charge is 0.396 e. The zero-order valence-electron chi connectivity index (χ0n) is 10.9. The van der Waals surface area contributed by atoms with Crippen molar-refractivity contribution in [2.75, 3.05) is 20.7 Å². The van der Waals surface area contributed by atoms with Crippen LogP contribution in [0.2, 0.25) is 0 Å². The Bertz CT molecular complexity index is 602. The summed E-state index contributed by atoms with van der Waals surface area (Å²) in [6, 6.07) is 7.70. The highest BCUT2D eigenvalue weighted by atomic mass is 16.5. The average molecular weight is 261 g/mol. The van der Waals surface area contributed by atoms with Gasteiger partial charge in [0.15, 0.2) is 0 Å². The molecule has 0 N–H and O–H groups in total. The Morgan fingerprint density at radius 1 is 1.32 bits per heavy atom.